The minimum absolute atomic E-state index is 0. The Hall–Kier alpha value is -1.31. The van der Waals surface area contributed by atoms with Gasteiger partial charge in [0.25, 0.3) is 0 Å². The van der Waals surface area contributed by atoms with Gasteiger partial charge in [-0.2, -0.15) is 0 Å². The second-order valence-corrected chi connectivity index (χ2v) is 5.67. The second kappa shape index (κ2) is 8.36. The molecule has 0 atom stereocenters. The van der Waals surface area contributed by atoms with Crippen molar-refractivity contribution in [2.75, 3.05) is 6.54 Å². The fourth-order valence-electron chi connectivity index (χ4n) is 2.97. The number of nitrogens with zero attached hydrogens (tertiary/aromatic N) is 3. The van der Waals surface area contributed by atoms with Crippen LogP contribution in [0.1, 0.15) is 32.1 Å². The second-order valence-electron chi connectivity index (χ2n) is 5.67. The number of hydrogen-bond acceptors (Lipinski definition) is 2. The number of rotatable bonds is 4. The highest BCUT2D eigenvalue weighted by Crippen LogP contribution is 2.17. The fraction of sp³-hybridized carbons (Fsp3) is 0.500. The summed E-state index contributed by atoms with van der Waals surface area (Å²) >= 11 is 0. The summed E-state index contributed by atoms with van der Waals surface area (Å²) in [6, 6.07) is 8.65. The standard InChI is InChI=1S/C16H23N5.HI/c17-16(20-13-6-2-1-3-7-13)18-10-11-21-12-19-14-8-4-5-9-15(14)21;/h4-5,8-9,12-13H,1-3,6-7,10-11H2,(H3,17,18,20);1H. The summed E-state index contributed by atoms with van der Waals surface area (Å²) in [5.41, 5.74) is 8.14. The lowest BCUT2D eigenvalue weighted by atomic mass is 9.96. The summed E-state index contributed by atoms with van der Waals surface area (Å²) in [7, 11) is 0. The lowest BCUT2D eigenvalue weighted by molar-refractivity contribution is 0.412. The molecule has 1 saturated carbocycles. The van der Waals surface area contributed by atoms with Crippen LogP contribution in [0.5, 0.6) is 0 Å². The van der Waals surface area contributed by atoms with Gasteiger partial charge in [-0.1, -0.05) is 31.4 Å². The number of nitrogens with two attached hydrogens (primary N) is 1. The predicted molar refractivity (Wildman–Crippen MR) is 102 cm³/mol. The van der Waals surface area contributed by atoms with Crippen molar-refractivity contribution in [3.8, 4) is 0 Å². The van der Waals surface area contributed by atoms with E-state index in [4.69, 9.17) is 5.73 Å². The number of aromatic nitrogens is 2. The van der Waals surface area contributed by atoms with Crippen molar-refractivity contribution in [3.63, 3.8) is 0 Å². The van der Waals surface area contributed by atoms with Crippen LogP contribution < -0.4 is 11.1 Å². The van der Waals surface area contributed by atoms with E-state index in [0.717, 1.165) is 17.6 Å². The Morgan fingerprint density at radius 3 is 2.86 bits per heavy atom. The Bertz CT molecular complexity index is 616. The van der Waals surface area contributed by atoms with Crippen LogP contribution in [0.4, 0.5) is 0 Å². The molecule has 0 amide bonds. The van der Waals surface area contributed by atoms with Gasteiger partial charge in [-0.05, 0) is 25.0 Å². The number of benzene rings is 1. The van der Waals surface area contributed by atoms with E-state index < -0.39 is 0 Å². The first-order chi connectivity index (χ1) is 10.3. The van der Waals surface area contributed by atoms with E-state index >= 15 is 0 Å². The summed E-state index contributed by atoms with van der Waals surface area (Å²) in [5.74, 6) is 0.575. The average molecular weight is 413 g/mol. The van der Waals surface area contributed by atoms with Crippen LogP contribution in [0.15, 0.2) is 35.6 Å². The molecule has 0 spiro atoms. The van der Waals surface area contributed by atoms with E-state index in [9.17, 15) is 0 Å². The van der Waals surface area contributed by atoms with Gasteiger partial charge < -0.3 is 15.6 Å². The topological polar surface area (TPSA) is 68.2 Å². The van der Waals surface area contributed by atoms with Crippen LogP contribution in [0.25, 0.3) is 11.0 Å². The summed E-state index contributed by atoms with van der Waals surface area (Å²) < 4.78 is 2.12. The molecule has 3 rings (SSSR count). The molecule has 5 nitrogen and oxygen atoms in total. The fourth-order valence-corrected chi connectivity index (χ4v) is 2.97. The molecule has 22 heavy (non-hydrogen) atoms. The molecule has 1 aliphatic carbocycles. The van der Waals surface area contributed by atoms with E-state index in [1.54, 1.807) is 0 Å². The van der Waals surface area contributed by atoms with Gasteiger partial charge in [0.05, 0.1) is 23.9 Å². The maximum absolute atomic E-state index is 5.97. The molecular weight excluding hydrogens is 389 g/mol. The third-order valence-electron chi connectivity index (χ3n) is 4.11. The number of imidazole rings is 1. The van der Waals surface area contributed by atoms with Crippen LogP contribution in [0.2, 0.25) is 0 Å². The summed E-state index contributed by atoms with van der Waals surface area (Å²) in [5, 5.41) is 3.34. The SMILES string of the molecule is I.NC(=NCCn1cnc2ccccc21)NC1CCCCC1. The molecule has 1 aromatic carbocycles. The molecule has 1 aliphatic rings. The molecule has 0 aliphatic heterocycles. The van der Waals surface area contributed by atoms with Gasteiger partial charge >= 0.3 is 0 Å². The third kappa shape index (κ3) is 4.34. The highest BCUT2D eigenvalue weighted by molar-refractivity contribution is 14.0. The zero-order valence-electron chi connectivity index (χ0n) is 12.7. The van der Waals surface area contributed by atoms with Gasteiger partial charge in [-0.15, -0.1) is 24.0 Å². The zero-order valence-corrected chi connectivity index (χ0v) is 15.1. The predicted octanol–water partition coefficient (Wildman–Crippen LogP) is 2.89. The lowest BCUT2D eigenvalue weighted by Crippen LogP contribution is -2.41. The van der Waals surface area contributed by atoms with Gasteiger partial charge in [0.15, 0.2) is 5.96 Å². The average Bonchev–Trinajstić information content (AvgIpc) is 2.92. The summed E-state index contributed by atoms with van der Waals surface area (Å²) in [6.45, 7) is 1.47. The first-order valence-electron chi connectivity index (χ1n) is 7.79. The molecule has 120 valence electrons. The summed E-state index contributed by atoms with van der Waals surface area (Å²) in [4.78, 5) is 8.81. The van der Waals surface area contributed by atoms with Crippen molar-refractivity contribution in [2.45, 2.75) is 44.7 Å². The van der Waals surface area contributed by atoms with Gasteiger partial charge in [0.2, 0.25) is 0 Å². The van der Waals surface area contributed by atoms with Crippen LogP contribution in [0, 0.1) is 0 Å². The molecule has 1 aromatic heterocycles. The monoisotopic (exact) mass is 413 g/mol. The molecule has 0 radical (unpaired) electrons. The van der Waals surface area contributed by atoms with E-state index in [1.165, 1.54) is 32.1 Å². The zero-order chi connectivity index (χ0) is 14.5. The number of aliphatic imine (C=N–C) groups is 1. The minimum Gasteiger partial charge on any atom is -0.370 e. The first kappa shape index (κ1) is 17.1. The van der Waals surface area contributed by atoms with Crippen molar-refractivity contribution in [1.82, 2.24) is 14.9 Å². The van der Waals surface area contributed by atoms with Gasteiger partial charge in [0.1, 0.15) is 0 Å². The highest BCUT2D eigenvalue weighted by atomic mass is 127. The number of hydrogen-bond donors (Lipinski definition) is 2. The van der Waals surface area contributed by atoms with Crippen molar-refractivity contribution in [2.24, 2.45) is 10.7 Å². The molecular formula is C16H24IN5. The number of para-hydroxylation sites is 2. The molecule has 2 aromatic rings. The summed E-state index contributed by atoms with van der Waals surface area (Å²) in [6.07, 6.45) is 8.23. The van der Waals surface area contributed by atoms with Crippen molar-refractivity contribution in [1.29, 1.82) is 0 Å². The maximum Gasteiger partial charge on any atom is 0.188 e. The molecule has 0 unspecified atom stereocenters. The van der Waals surface area contributed by atoms with Gasteiger partial charge in [-0.3, -0.25) is 4.99 Å². The Kier molecular flexibility index (Phi) is 6.48. The first-order valence-corrected chi connectivity index (χ1v) is 7.79. The van der Waals surface area contributed by atoms with Crippen molar-refractivity contribution < 1.29 is 0 Å². The molecule has 1 fully saturated rings. The Balaban J connectivity index is 0.00000176. The molecule has 6 heteroatoms. The smallest absolute Gasteiger partial charge is 0.188 e. The quantitative estimate of drug-likeness (QED) is 0.460. The van der Waals surface area contributed by atoms with E-state index in [0.29, 0.717) is 18.5 Å². The molecule has 1 heterocycles. The highest BCUT2D eigenvalue weighted by Gasteiger charge is 2.13. The number of nitrogens with one attached hydrogen (secondary N) is 1. The Morgan fingerprint density at radius 2 is 2.05 bits per heavy atom. The van der Waals surface area contributed by atoms with E-state index in [2.05, 4.69) is 25.9 Å². The molecule has 3 N–H and O–H groups in total. The normalized spacial score (nSPS) is 16.5. The van der Waals surface area contributed by atoms with Crippen molar-refractivity contribution in [3.05, 3.63) is 30.6 Å². The largest absolute Gasteiger partial charge is 0.370 e. The van der Waals surface area contributed by atoms with Crippen LogP contribution in [0.3, 0.4) is 0 Å². The van der Waals surface area contributed by atoms with Crippen LogP contribution in [-0.2, 0) is 6.54 Å². The van der Waals surface area contributed by atoms with E-state index in [-0.39, 0.29) is 24.0 Å². The van der Waals surface area contributed by atoms with Crippen molar-refractivity contribution >= 4 is 41.0 Å². The van der Waals surface area contributed by atoms with Gasteiger partial charge in [0, 0.05) is 12.6 Å². The third-order valence-corrected chi connectivity index (χ3v) is 4.11. The minimum atomic E-state index is 0. The van der Waals surface area contributed by atoms with Crippen LogP contribution >= 0.6 is 24.0 Å². The lowest BCUT2D eigenvalue weighted by Gasteiger charge is -2.23. The Morgan fingerprint density at radius 1 is 1.27 bits per heavy atom. The maximum atomic E-state index is 5.97. The Labute approximate surface area is 148 Å². The number of halogens is 1. The van der Waals surface area contributed by atoms with Gasteiger partial charge in [-0.25, -0.2) is 4.98 Å². The number of fused-ring (bicyclic) bond motifs is 1. The molecule has 0 saturated heterocycles. The number of guanidine groups is 1. The van der Waals surface area contributed by atoms with Crippen LogP contribution in [-0.4, -0.2) is 28.1 Å². The molecule has 0 bridgehead atoms. The van der Waals surface area contributed by atoms with E-state index in [1.807, 2.05) is 24.5 Å².